The third-order valence-electron chi connectivity index (χ3n) is 7.98. The fourth-order valence-corrected chi connectivity index (χ4v) is 5.83. The number of aromatic nitrogens is 5. The van der Waals surface area contributed by atoms with Crippen molar-refractivity contribution in [2.45, 2.75) is 51.8 Å². The van der Waals surface area contributed by atoms with Gasteiger partial charge in [-0.3, -0.25) is 9.89 Å². The molecule has 0 bridgehead atoms. The highest BCUT2D eigenvalue weighted by atomic mass is 19.1. The Morgan fingerprint density at radius 3 is 2.74 bits per heavy atom. The van der Waals surface area contributed by atoms with E-state index in [1.54, 1.807) is 23.0 Å². The fraction of sp³-hybridized carbons (Fsp3) is 0.312. The number of carbonyl (C=O) groups is 1. The van der Waals surface area contributed by atoms with Crippen LogP contribution in [-0.2, 0) is 17.8 Å². The molecule has 0 spiro atoms. The summed E-state index contributed by atoms with van der Waals surface area (Å²) in [6, 6.07) is 14.3. The first-order valence-corrected chi connectivity index (χ1v) is 14.5. The van der Waals surface area contributed by atoms with E-state index in [9.17, 15) is 9.18 Å². The van der Waals surface area contributed by atoms with Gasteiger partial charge in [0.1, 0.15) is 23.5 Å². The molecule has 2 N–H and O–H groups in total. The number of ether oxygens (including phenoxy) is 2. The minimum Gasteiger partial charge on any atom is -0.490 e. The number of nitrogens with zero attached hydrogens (tertiary/aromatic N) is 5. The lowest BCUT2D eigenvalue weighted by molar-refractivity contribution is 0.0256. The van der Waals surface area contributed by atoms with Gasteiger partial charge in [0.25, 0.3) is 5.91 Å². The first-order valence-electron chi connectivity index (χ1n) is 14.5. The summed E-state index contributed by atoms with van der Waals surface area (Å²) in [5, 5.41) is 14.8. The van der Waals surface area contributed by atoms with E-state index in [4.69, 9.17) is 19.6 Å². The van der Waals surface area contributed by atoms with Gasteiger partial charge in [0.15, 0.2) is 11.3 Å². The fourth-order valence-electron chi connectivity index (χ4n) is 5.83. The predicted molar refractivity (Wildman–Crippen MR) is 160 cm³/mol. The van der Waals surface area contributed by atoms with E-state index in [0.29, 0.717) is 54.9 Å². The van der Waals surface area contributed by atoms with Crippen LogP contribution in [-0.4, -0.2) is 50.0 Å². The van der Waals surface area contributed by atoms with Gasteiger partial charge in [-0.2, -0.15) is 10.2 Å². The van der Waals surface area contributed by atoms with Crippen molar-refractivity contribution in [2.75, 3.05) is 23.4 Å². The molecule has 3 aromatic heterocycles. The molecule has 220 valence electrons. The van der Waals surface area contributed by atoms with Crippen molar-refractivity contribution in [1.29, 1.82) is 0 Å². The highest BCUT2D eigenvalue weighted by Crippen LogP contribution is 2.34. The van der Waals surface area contributed by atoms with Gasteiger partial charge >= 0.3 is 0 Å². The second-order valence-corrected chi connectivity index (χ2v) is 11.3. The van der Waals surface area contributed by atoms with Crippen molar-refractivity contribution in [3.05, 3.63) is 89.1 Å². The summed E-state index contributed by atoms with van der Waals surface area (Å²) in [7, 11) is 0. The Balaban J connectivity index is 1.25. The maximum absolute atomic E-state index is 13.9. The zero-order valence-corrected chi connectivity index (χ0v) is 24.0. The molecule has 43 heavy (non-hydrogen) atoms. The second kappa shape index (κ2) is 11.1. The number of halogens is 1. The van der Waals surface area contributed by atoms with Crippen LogP contribution in [0.3, 0.4) is 0 Å². The van der Waals surface area contributed by atoms with Crippen molar-refractivity contribution in [1.82, 2.24) is 24.8 Å². The van der Waals surface area contributed by atoms with Gasteiger partial charge < -0.3 is 19.7 Å². The molecule has 0 radical (unpaired) electrons. The summed E-state index contributed by atoms with van der Waals surface area (Å²) in [5.41, 5.74) is 5.79. The smallest absolute Gasteiger partial charge is 0.276 e. The maximum atomic E-state index is 13.9. The molecule has 1 amide bonds. The number of aromatic amines is 1. The standard InChI is InChI=1S/C32H32FN7O3/c1-19(2)29-30(32(41)36-24-4-3-5-26(13-24)43-25-8-10-42-11-9-25)38-40-27(22-15-34-35-16-22)14-28(37-31(29)40)39-17-20-6-7-23(33)12-21(20)18-39/h3-7,12-16,19,25H,8-11,17-18H2,1-2H3,(H,34,35)(H,36,41). The molecular weight excluding hydrogens is 549 g/mol. The Morgan fingerprint density at radius 1 is 1.12 bits per heavy atom. The summed E-state index contributed by atoms with van der Waals surface area (Å²) in [5.74, 6) is 0.778. The zero-order chi connectivity index (χ0) is 29.5. The number of fused-ring (bicyclic) bond motifs is 2. The van der Waals surface area contributed by atoms with Crippen molar-refractivity contribution >= 4 is 23.1 Å². The normalized spacial score (nSPS) is 15.3. The SMILES string of the molecule is CC(C)c1c(C(=O)Nc2cccc(OC3CCOCC3)c2)nn2c(-c3cn[nH]c3)cc(N3Cc4ccc(F)cc4C3)nc12. The van der Waals surface area contributed by atoms with Crippen LogP contribution >= 0.6 is 0 Å². The van der Waals surface area contributed by atoms with Gasteiger partial charge in [-0.15, -0.1) is 0 Å². The number of nitrogens with one attached hydrogen (secondary N) is 2. The van der Waals surface area contributed by atoms with Gasteiger partial charge in [0, 0.05) is 61.1 Å². The zero-order valence-electron chi connectivity index (χ0n) is 24.0. The van der Waals surface area contributed by atoms with Crippen molar-refractivity contribution < 1.29 is 18.7 Å². The molecule has 2 aliphatic rings. The lowest BCUT2D eigenvalue weighted by atomic mass is 10.0. The van der Waals surface area contributed by atoms with E-state index in [1.165, 1.54) is 6.07 Å². The Kier molecular flexibility index (Phi) is 7.02. The lowest BCUT2D eigenvalue weighted by Crippen LogP contribution is -2.25. The van der Waals surface area contributed by atoms with Crippen LogP contribution in [0.25, 0.3) is 16.9 Å². The lowest BCUT2D eigenvalue weighted by Gasteiger charge is -2.23. The van der Waals surface area contributed by atoms with Crippen LogP contribution in [0.4, 0.5) is 15.9 Å². The monoisotopic (exact) mass is 581 g/mol. The second-order valence-electron chi connectivity index (χ2n) is 11.3. The van der Waals surface area contributed by atoms with Crippen LogP contribution in [0.5, 0.6) is 5.75 Å². The van der Waals surface area contributed by atoms with E-state index in [1.807, 2.05) is 50.2 Å². The minimum absolute atomic E-state index is 0.0498. The Hall–Kier alpha value is -4.77. The molecule has 0 unspecified atom stereocenters. The maximum Gasteiger partial charge on any atom is 0.276 e. The van der Waals surface area contributed by atoms with E-state index >= 15 is 0 Å². The number of hydrogen-bond donors (Lipinski definition) is 2. The number of carbonyl (C=O) groups excluding carboxylic acids is 1. The highest BCUT2D eigenvalue weighted by molar-refractivity contribution is 6.05. The number of rotatable bonds is 7. The molecule has 0 saturated carbocycles. The molecule has 1 saturated heterocycles. The summed E-state index contributed by atoms with van der Waals surface area (Å²) in [4.78, 5) is 20.9. The molecule has 11 heteroatoms. The first kappa shape index (κ1) is 27.1. The van der Waals surface area contributed by atoms with Crippen LogP contribution in [0.15, 0.2) is 60.9 Å². The molecule has 2 aliphatic heterocycles. The molecule has 1 fully saturated rings. The van der Waals surface area contributed by atoms with Gasteiger partial charge in [0.2, 0.25) is 0 Å². The quantitative estimate of drug-likeness (QED) is 0.253. The molecule has 2 aromatic carbocycles. The van der Waals surface area contributed by atoms with E-state index in [0.717, 1.165) is 40.8 Å². The number of H-pyrrole nitrogens is 1. The van der Waals surface area contributed by atoms with Crippen LogP contribution < -0.4 is 15.0 Å². The van der Waals surface area contributed by atoms with E-state index in [-0.39, 0.29) is 23.7 Å². The summed E-state index contributed by atoms with van der Waals surface area (Å²) < 4.78 is 27.2. The minimum atomic E-state index is -0.332. The molecule has 10 nitrogen and oxygen atoms in total. The summed E-state index contributed by atoms with van der Waals surface area (Å²) in [6.45, 7) is 6.56. The number of anilines is 2. The van der Waals surface area contributed by atoms with Crippen molar-refractivity contribution in [2.24, 2.45) is 0 Å². The van der Waals surface area contributed by atoms with E-state index in [2.05, 4.69) is 20.4 Å². The number of hydrogen-bond acceptors (Lipinski definition) is 7. The Morgan fingerprint density at radius 2 is 1.95 bits per heavy atom. The van der Waals surface area contributed by atoms with Gasteiger partial charge in [0.05, 0.1) is 25.1 Å². The van der Waals surface area contributed by atoms with Crippen molar-refractivity contribution in [3.8, 4) is 17.0 Å². The third-order valence-corrected chi connectivity index (χ3v) is 7.98. The third kappa shape index (κ3) is 5.32. The number of amides is 1. The molecule has 5 heterocycles. The Bertz CT molecular complexity index is 1790. The van der Waals surface area contributed by atoms with E-state index < -0.39 is 0 Å². The van der Waals surface area contributed by atoms with Crippen molar-refractivity contribution in [3.63, 3.8) is 0 Å². The molecule has 0 atom stereocenters. The first-order chi connectivity index (χ1) is 20.9. The van der Waals surface area contributed by atoms with Crippen LogP contribution in [0, 0.1) is 5.82 Å². The summed E-state index contributed by atoms with van der Waals surface area (Å²) >= 11 is 0. The van der Waals surface area contributed by atoms with Gasteiger partial charge in [-0.1, -0.05) is 26.0 Å². The van der Waals surface area contributed by atoms with Gasteiger partial charge in [-0.25, -0.2) is 13.9 Å². The average molecular weight is 582 g/mol. The molecule has 5 aromatic rings. The van der Waals surface area contributed by atoms with Crippen LogP contribution in [0.2, 0.25) is 0 Å². The van der Waals surface area contributed by atoms with Gasteiger partial charge in [-0.05, 0) is 41.3 Å². The topological polar surface area (TPSA) is 110 Å². The molecule has 7 rings (SSSR count). The average Bonchev–Trinajstić information content (AvgIpc) is 3.76. The van der Waals surface area contributed by atoms with Crippen LogP contribution in [0.1, 0.15) is 59.8 Å². The molecular formula is C32H32FN7O3. The summed E-state index contributed by atoms with van der Waals surface area (Å²) in [6.07, 6.45) is 5.27. The predicted octanol–water partition coefficient (Wildman–Crippen LogP) is 5.71. The number of benzene rings is 2. The Labute approximate surface area is 247 Å². The molecule has 0 aliphatic carbocycles. The largest absolute Gasteiger partial charge is 0.490 e. The highest BCUT2D eigenvalue weighted by Gasteiger charge is 2.28.